The van der Waals surface area contributed by atoms with Gasteiger partial charge in [-0.05, 0) is 18.9 Å². The Morgan fingerprint density at radius 2 is 1.75 bits per heavy atom. The predicted octanol–water partition coefficient (Wildman–Crippen LogP) is 2.42. The minimum atomic E-state index is -0.115. The van der Waals surface area contributed by atoms with Gasteiger partial charge in [0.2, 0.25) is 11.9 Å². The molecule has 7 heteroatoms. The maximum atomic E-state index is 12.6. The van der Waals surface area contributed by atoms with Crippen LogP contribution in [0.2, 0.25) is 0 Å². The summed E-state index contributed by atoms with van der Waals surface area (Å²) in [6, 6.07) is 1.85. The van der Waals surface area contributed by atoms with E-state index in [0.717, 1.165) is 31.4 Å². The fraction of sp³-hybridized carbons (Fsp3) is 0.762. The van der Waals surface area contributed by atoms with Gasteiger partial charge in [0, 0.05) is 17.5 Å². The minimum Gasteiger partial charge on any atom is -0.371 e. The second-order valence-electron chi connectivity index (χ2n) is 9.31. The van der Waals surface area contributed by atoms with Crippen molar-refractivity contribution in [2.24, 2.45) is 5.92 Å². The highest BCUT2D eigenvalue weighted by molar-refractivity contribution is 5.79. The molecule has 3 aliphatic rings. The van der Waals surface area contributed by atoms with E-state index in [9.17, 15) is 4.79 Å². The molecule has 4 unspecified atom stereocenters. The largest absolute Gasteiger partial charge is 0.371 e. The van der Waals surface area contributed by atoms with Crippen molar-refractivity contribution < 1.29 is 14.3 Å². The number of aromatic nitrogens is 2. The van der Waals surface area contributed by atoms with Gasteiger partial charge in [0.25, 0.3) is 0 Å². The molecule has 7 nitrogen and oxygen atoms in total. The summed E-state index contributed by atoms with van der Waals surface area (Å²) >= 11 is 0. The molecule has 2 saturated heterocycles. The molecule has 0 spiro atoms. The first kappa shape index (κ1) is 19.6. The summed E-state index contributed by atoms with van der Waals surface area (Å²) in [5.74, 6) is 0.909. The lowest BCUT2D eigenvalue weighted by Gasteiger charge is -2.24. The standard InChI is InChI=1S/C21H32N4O3/c1-21(2,3)16-9-10-22-20(25-16)24-15-12-28-17-14(11-27-18(15)17)23-19(26)13-7-5-4-6-8-13/h9-10,13-15,17-18H,4-8,11-12H2,1-3H3,(H,23,26)(H,22,24,25). The first-order chi connectivity index (χ1) is 13.4. The van der Waals surface area contributed by atoms with E-state index >= 15 is 0 Å². The Morgan fingerprint density at radius 1 is 1.07 bits per heavy atom. The zero-order valence-electron chi connectivity index (χ0n) is 17.1. The van der Waals surface area contributed by atoms with E-state index in [1.165, 1.54) is 6.42 Å². The van der Waals surface area contributed by atoms with Crippen LogP contribution in [0.3, 0.4) is 0 Å². The maximum Gasteiger partial charge on any atom is 0.223 e. The Morgan fingerprint density at radius 3 is 2.46 bits per heavy atom. The molecular weight excluding hydrogens is 356 g/mol. The number of hydrogen-bond acceptors (Lipinski definition) is 6. The molecule has 1 aromatic heterocycles. The van der Waals surface area contributed by atoms with Crippen LogP contribution in [0.1, 0.15) is 58.6 Å². The van der Waals surface area contributed by atoms with E-state index < -0.39 is 0 Å². The van der Waals surface area contributed by atoms with Gasteiger partial charge < -0.3 is 20.1 Å². The molecule has 2 N–H and O–H groups in total. The molecule has 0 radical (unpaired) electrons. The molecule has 28 heavy (non-hydrogen) atoms. The van der Waals surface area contributed by atoms with Crippen LogP contribution in [-0.4, -0.2) is 53.4 Å². The summed E-state index contributed by atoms with van der Waals surface area (Å²) in [7, 11) is 0. The molecule has 3 fully saturated rings. The number of ether oxygens (including phenoxy) is 2. The fourth-order valence-corrected chi connectivity index (χ4v) is 4.42. The molecule has 1 aromatic rings. The van der Waals surface area contributed by atoms with Crippen molar-refractivity contribution in [1.82, 2.24) is 15.3 Å². The van der Waals surface area contributed by atoms with Crippen LogP contribution in [0.5, 0.6) is 0 Å². The van der Waals surface area contributed by atoms with Gasteiger partial charge in [-0.3, -0.25) is 4.79 Å². The number of amides is 1. The third kappa shape index (κ3) is 4.15. The Labute approximate surface area is 167 Å². The quantitative estimate of drug-likeness (QED) is 0.824. The summed E-state index contributed by atoms with van der Waals surface area (Å²) in [4.78, 5) is 21.6. The fourth-order valence-electron chi connectivity index (χ4n) is 4.42. The number of carbonyl (C=O) groups excluding carboxylic acids is 1. The van der Waals surface area contributed by atoms with Crippen LogP contribution in [-0.2, 0) is 19.7 Å². The molecule has 4 atom stereocenters. The average Bonchev–Trinajstić information content (AvgIpc) is 3.26. The van der Waals surface area contributed by atoms with Crippen molar-refractivity contribution in [3.63, 3.8) is 0 Å². The Hall–Kier alpha value is -1.73. The molecule has 2 aliphatic heterocycles. The highest BCUT2D eigenvalue weighted by atomic mass is 16.6. The lowest BCUT2D eigenvalue weighted by molar-refractivity contribution is -0.127. The van der Waals surface area contributed by atoms with E-state index in [4.69, 9.17) is 9.47 Å². The topological polar surface area (TPSA) is 85.4 Å². The van der Waals surface area contributed by atoms with E-state index in [-0.39, 0.29) is 41.5 Å². The molecule has 1 amide bonds. The lowest BCUT2D eigenvalue weighted by atomic mass is 9.88. The smallest absolute Gasteiger partial charge is 0.223 e. The SMILES string of the molecule is CC(C)(C)c1ccnc(NC2COC3C(NC(=O)C4CCCCC4)COC23)n1. The molecule has 0 aromatic carbocycles. The second-order valence-corrected chi connectivity index (χ2v) is 9.31. The van der Waals surface area contributed by atoms with E-state index in [1.54, 1.807) is 6.20 Å². The first-order valence-corrected chi connectivity index (χ1v) is 10.6. The van der Waals surface area contributed by atoms with Gasteiger partial charge >= 0.3 is 0 Å². The highest BCUT2D eigenvalue weighted by Crippen LogP contribution is 2.30. The van der Waals surface area contributed by atoms with Gasteiger partial charge in [-0.2, -0.15) is 0 Å². The van der Waals surface area contributed by atoms with Crippen LogP contribution < -0.4 is 10.6 Å². The number of carbonyl (C=O) groups is 1. The monoisotopic (exact) mass is 388 g/mol. The average molecular weight is 389 g/mol. The number of fused-ring (bicyclic) bond motifs is 1. The molecular formula is C21H32N4O3. The van der Waals surface area contributed by atoms with E-state index in [1.807, 2.05) is 6.07 Å². The Balaban J connectivity index is 1.35. The number of anilines is 1. The minimum absolute atomic E-state index is 0.0169. The highest BCUT2D eigenvalue weighted by Gasteiger charge is 2.48. The van der Waals surface area contributed by atoms with Gasteiger partial charge in [0.05, 0.1) is 31.0 Å². The van der Waals surface area contributed by atoms with Gasteiger partial charge in [-0.25, -0.2) is 9.97 Å². The van der Waals surface area contributed by atoms with Crippen molar-refractivity contribution in [3.05, 3.63) is 18.0 Å². The van der Waals surface area contributed by atoms with Crippen LogP contribution >= 0.6 is 0 Å². The molecule has 0 bridgehead atoms. The molecule has 1 aliphatic carbocycles. The molecule has 1 saturated carbocycles. The summed E-state index contributed by atoms with van der Waals surface area (Å²) in [5.41, 5.74) is 0.956. The van der Waals surface area contributed by atoms with Gasteiger partial charge in [-0.1, -0.05) is 40.0 Å². The third-order valence-electron chi connectivity index (χ3n) is 6.10. The summed E-state index contributed by atoms with van der Waals surface area (Å²) in [6.07, 6.45) is 7.12. The van der Waals surface area contributed by atoms with Crippen molar-refractivity contribution in [1.29, 1.82) is 0 Å². The lowest BCUT2D eigenvalue weighted by Crippen LogP contribution is -2.47. The van der Waals surface area contributed by atoms with Crippen molar-refractivity contribution >= 4 is 11.9 Å². The molecule has 154 valence electrons. The predicted molar refractivity (Wildman–Crippen MR) is 106 cm³/mol. The van der Waals surface area contributed by atoms with Crippen molar-refractivity contribution in [3.8, 4) is 0 Å². The molecule has 4 rings (SSSR count). The van der Waals surface area contributed by atoms with Crippen molar-refractivity contribution in [2.75, 3.05) is 18.5 Å². The zero-order chi connectivity index (χ0) is 19.7. The first-order valence-electron chi connectivity index (χ1n) is 10.6. The normalized spacial score (nSPS) is 30.8. The van der Waals surface area contributed by atoms with Crippen LogP contribution in [0.25, 0.3) is 0 Å². The van der Waals surface area contributed by atoms with Crippen LogP contribution in [0, 0.1) is 5.92 Å². The number of nitrogens with one attached hydrogen (secondary N) is 2. The van der Waals surface area contributed by atoms with E-state index in [2.05, 4.69) is 41.4 Å². The summed E-state index contributed by atoms with van der Waals surface area (Å²) < 4.78 is 12.0. The van der Waals surface area contributed by atoms with Crippen molar-refractivity contribution in [2.45, 2.75) is 82.6 Å². The zero-order valence-corrected chi connectivity index (χ0v) is 17.1. The van der Waals surface area contributed by atoms with Gasteiger partial charge in [0.1, 0.15) is 12.2 Å². The third-order valence-corrected chi connectivity index (χ3v) is 6.10. The number of hydrogen-bond donors (Lipinski definition) is 2. The maximum absolute atomic E-state index is 12.6. The Bertz CT molecular complexity index is 699. The van der Waals surface area contributed by atoms with E-state index in [0.29, 0.717) is 19.2 Å². The van der Waals surface area contributed by atoms with Crippen LogP contribution in [0.15, 0.2) is 12.3 Å². The summed E-state index contributed by atoms with van der Waals surface area (Å²) in [6.45, 7) is 7.41. The van der Waals surface area contributed by atoms with Crippen LogP contribution in [0.4, 0.5) is 5.95 Å². The second kappa shape index (κ2) is 7.95. The van der Waals surface area contributed by atoms with Gasteiger partial charge in [0.15, 0.2) is 0 Å². The van der Waals surface area contributed by atoms with Gasteiger partial charge in [-0.15, -0.1) is 0 Å². The number of nitrogens with zero attached hydrogens (tertiary/aromatic N) is 2. The molecule has 3 heterocycles. The Kier molecular flexibility index (Phi) is 5.56. The number of rotatable bonds is 4. The summed E-state index contributed by atoms with van der Waals surface area (Å²) in [5, 5.41) is 6.56.